The molecule has 0 saturated carbocycles. The molecule has 0 rings (SSSR count). The minimum Gasteiger partial charge on any atom is -0.322 e. The molecule has 0 aromatic heterocycles. The third kappa shape index (κ3) is 5.87. The summed E-state index contributed by atoms with van der Waals surface area (Å²) in [6.07, 6.45) is 0. The minimum atomic E-state index is -0.616. The minimum absolute atomic E-state index is 0.312. The van der Waals surface area contributed by atoms with Crippen molar-refractivity contribution >= 4 is 17.7 Å². The Hall–Kier alpha value is -1.75. The number of hydrazine groups is 3. The Morgan fingerprint density at radius 3 is 1.19 bits per heavy atom. The molecule has 0 saturated heterocycles. The zero-order chi connectivity index (χ0) is 12.6. The number of hydrogen-bond donors (Lipinski definition) is 6. The van der Waals surface area contributed by atoms with Crippen LogP contribution in [0.1, 0.15) is 0 Å². The lowest BCUT2D eigenvalue weighted by molar-refractivity contribution is -0.141. The van der Waals surface area contributed by atoms with Crippen LogP contribution in [-0.2, 0) is 14.4 Å². The fourth-order valence-corrected chi connectivity index (χ4v) is 0.595. The van der Waals surface area contributed by atoms with Crippen LogP contribution in [0.5, 0.6) is 0 Å². The van der Waals surface area contributed by atoms with Gasteiger partial charge in [-0.15, -0.1) is 0 Å². The Balaban J connectivity index is 4.31. The molecule has 0 aromatic rings. The van der Waals surface area contributed by atoms with Gasteiger partial charge in [0.05, 0.1) is 19.6 Å². The maximum Gasteiger partial charge on any atom is 0.250 e. The van der Waals surface area contributed by atoms with Gasteiger partial charge in [-0.3, -0.25) is 30.7 Å². The Morgan fingerprint density at radius 2 is 1.00 bits per heavy atom. The van der Waals surface area contributed by atoms with E-state index >= 15 is 0 Å². The molecule has 0 unspecified atom stereocenters. The topological polar surface area (TPSA) is 169 Å². The van der Waals surface area contributed by atoms with Gasteiger partial charge in [-0.2, -0.15) is 0 Å². The molecule has 16 heavy (non-hydrogen) atoms. The SMILES string of the molecule is NCC(=O)NN(NC(=O)CN)NC(=O)CN. The van der Waals surface area contributed by atoms with Crippen LogP contribution >= 0.6 is 0 Å². The largest absolute Gasteiger partial charge is 0.322 e. The van der Waals surface area contributed by atoms with Gasteiger partial charge in [0.15, 0.2) is 0 Å². The Kier molecular flexibility index (Phi) is 6.71. The van der Waals surface area contributed by atoms with E-state index in [1.807, 2.05) is 0 Å². The summed E-state index contributed by atoms with van der Waals surface area (Å²) in [6.45, 7) is -0.936. The van der Waals surface area contributed by atoms with Crippen LogP contribution in [0.25, 0.3) is 0 Å². The van der Waals surface area contributed by atoms with Crippen LogP contribution in [0.15, 0.2) is 0 Å². The van der Waals surface area contributed by atoms with Crippen LogP contribution in [0, 0.1) is 0 Å². The summed E-state index contributed by atoms with van der Waals surface area (Å²) in [4.78, 5) is 32.8. The normalized spacial score (nSPS) is 9.75. The Morgan fingerprint density at radius 1 is 0.750 bits per heavy atom. The highest BCUT2D eigenvalue weighted by molar-refractivity contribution is 5.81. The van der Waals surface area contributed by atoms with E-state index in [0.29, 0.717) is 5.23 Å². The van der Waals surface area contributed by atoms with Gasteiger partial charge in [-0.25, -0.2) is 0 Å². The van der Waals surface area contributed by atoms with Crippen LogP contribution < -0.4 is 33.5 Å². The summed E-state index contributed by atoms with van der Waals surface area (Å²) in [5.41, 5.74) is 21.4. The fraction of sp³-hybridized carbons (Fsp3) is 0.500. The van der Waals surface area contributed by atoms with Gasteiger partial charge in [-0.05, 0) is 5.23 Å². The average Bonchev–Trinajstić information content (AvgIpc) is 2.28. The van der Waals surface area contributed by atoms with Gasteiger partial charge in [0.1, 0.15) is 0 Å². The molecule has 0 radical (unpaired) electrons. The summed E-state index contributed by atoms with van der Waals surface area (Å²) < 4.78 is 0. The number of amides is 3. The molecule has 0 heterocycles. The van der Waals surface area contributed by atoms with Crippen LogP contribution in [0.2, 0.25) is 0 Å². The number of nitrogens with two attached hydrogens (primary N) is 3. The molecule has 92 valence electrons. The van der Waals surface area contributed by atoms with E-state index in [-0.39, 0.29) is 19.6 Å². The van der Waals surface area contributed by atoms with Gasteiger partial charge >= 0.3 is 0 Å². The maximum atomic E-state index is 10.9. The van der Waals surface area contributed by atoms with Crippen LogP contribution in [0.3, 0.4) is 0 Å². The van der Waals surface area contributed by atoms with E-state index in [4.69, 9.17) is 17.2 Å². The third-order valence-corrected chi connectivity index (χ3v) is 1.27. The smallest absolute Gasteiger partial charge is 0.250 e. The van der Waals surface area contributed by atoms with E-state index in [1.54, 1.807) is 0 Å². The lowest BCUT2D eigenvalue weighted by Gasteiger charge is -2.22. The second kappa shape index (κ2) is 7.53. The molecule has 0 bridgehead atoms. The van der Waals surface area contributed by atoms with Gasteiger partial charge in [0.25, 0.3) is 17.7 Å². The van der Waals surface area contributed by atoms with Crippen molar-refractivity contribution < 1.29 is 14.4 Å². The first-order valence-corrected chi connectivity index (χ1v) is 4.32. The maximum absolute atomic E-state index is 10.9. The second-order valence-corrected chi connectivity index (χ2v) is 2.55. The average molecular weight is 233 g/mol. The summed E-state index contributed by atoms with van der Waals surface area (Å²) >= 11 is 0. The number of carbonyl (C=O) groups is 3. The molecule has 0 aromatic carbocycles. The van der Waals surface area contributed by atoms with Gasteiger partial charge in [0, 0.05) is 0 Å². The summed E-state index contributed by atoms with van der Waals surface area (Å²) in [5.74, 6) is -1.85. The highest BCUT2D eigenvalue weighted by Crippen LogP contribution is 1.72. The fourth-order valence-electron chi connectivity index (χ4n) is 0.595. The van der Waals surface area contributed by atoms with Crippen molar-refractivity contribution in [2.75, 3.05) is 19.6 Å². The van der Waals surface area contributed by atoms with Crippen molar-refractivity contribution in [3.63, 3.8) is 0 Å². The molecular formula is C6H15N7O3. The Bertz CT molecular complexity index is 226. The molecule has 10 nitrogen and oxygen atoms in total. The van der Waals surface area contributed by atoms with E-state index in [9.17, 15) is 14.4 Å². The lowest BCUT2D eigenvalue weighted by atomic mass is 10.6. The molecule has 0 aliphatic rings. The molecule has 0 spiro atoms. The van der Waals surface area contributed by atoms with Crippen molar-refractivity contribution in [2.45, 2.75) is 0 Å². The highest BCUT2D eigenvalue weighted by atomic mass is 16.2. The summed E-state index contributed by atoms with van der Waals surface area (Å²) in [7, 11) is 0. The number of nitrogens with one attached hydrogen (secondary N) is 3. The third-order valence-electron chi connectivity index (χ3n) is 1.27. The van der Waals surface area contributed by atoms with Crippen molar-refractivity contribution in [3.05, 3.63) is 0 Å². The van der Waals surface area contributed by atoms with Crippen molar-refractivity contribution in [2.24, 2.45) is 17.2 Å². The van der Waals surface area contributed by atoms with E-state index < -0.39 is 17.7 Å². The van der Waals surface area contributed by atoms with Gasteiger partial charge < -0.3 is 17.2 Å². The highest BCUT2D eigenvalue weighted by Gasteiger charge is 2.12. The molecule has 0 atom stereocenters. The zero-order valence-corrected chi connectivity index (χ0v) is 8.53. The van der Waals surface area contributed by atoms with Crippen LogP contribution in [-0.4, -0.2) is 42.6 Å². The molecule has 10 heteroatoms. The predicted octanol–water partition coefficient (Wildman–Crippen LogP) is -4.74. The Labute approximate surface area is 91.4 Å². The summed E-state index contributed by atoms with van der Waals surface area (Å²) in [5, 5.41) is 0.652. The van der Waals surface area contributed by atoms with Crippen LogP contribution in [0.4, 0.5) is 0 Å². The number of hydrogen-bond acceptors (Lipinski definition) is 7. The second-order valence-electron chi connectivity index (χ2n) is 2.55. The lowest BCUT2D eigenvalue weighted by Crippen LogP contribution is -2.63. The van der Waals surface area contributed by atoms with E-state index in [1.165, 1.54) is 0 Å². The quantitative estimate of drug-likeness (QED) is 0.250. The first kappa shape index (κ1) is 14.2. The first-order chi connectivity index (χ1) is 7.53. The number of nitrogens with zero attached hydrogens (tertiary/aromatic N) is 1. The molecule has 9 N–H and O–H groups in total. The van der Waals surface area contributed by atoms with Crippen molar-refractivity contribution in [3.8, 4) is 0 Å². The number of carbonyl (C=O) groups excluding carboxylic acids is 3. The molecule has 0 fully saturated rings. The summed E-state index contributed by atoms with van der Waals surface area (Å²) in [6, 6.07) is 0. The monoisotopic (exact) mass is 233 g/mol. The van der Waals surface area contributed by atoms with Crippen molar-refractivity contribution in [1.29, 1.82) is 0 Å². The molecular weight excluding hydrogens is 218 g/mol. The molecule has 0 aliphatic carbocycles. The first-order valence-electron chi connectivity index (χ1n) is 4.32. The zero-order valence-electron chi connectivity index (χ0n) is 8.53. The molecule has 3 amide bonds. The van der Waals surface area contributed by atoms with E-state index in [0.717, 1.165) is 0 Å². The van der Waals surface area contributed by atoms with Crippen molar-refractivity contribution in [1.82, 2.24) is 21.5 Å². The predicted molar refractivity (Wildman–Crippen MR) is 53.4 cm³/mol. The molecule has 0 aliphatic heterocycles. The van der Waals surface area contributed by atoms with E-state index in [2.05, 4.69) is 16.3 Å². The van der Waals surface area contributed by atoms with Gasteiger partial charge in [0.2, 0.25) is 0 Å². The standard InChI is InChI=1S/C6H15N7O3/c7-1-4(14)10-13(11-5(15)2-8)12-6(16)3-9/h1-3,7-9H2,(H,10,14)(H,11,15)(H,12,16). The van der Waals surface area contributed by atoms with Gasteiger partial charge in [-0.1, -0.05) is 0 Å². The number of rotatable bonds is 6.